The summed E-state index contributed by atoms with van der Waals surface area (Å²) < 4.78 is 0. The SMILES string of the molecule is CC(C)CN(CCCN)C(=O)C1CCC(C)CC1. The average molecular weight is 254 g/mol. The first-order valence-electron chi connectivity index (χ1n) is 7.53. The molecule has 0 aromatic carbocycles. The zero-order valence-electron chi connectivity index (χ0n) is 12.3. The van der Waals surface area contributed by atoms with Crippen LogP contribution in [-0.2, 0) is 4.79 Å². The molecule has 1 aliphatic rings. The van der Waals surface area contributed by atoms with Crippen molar-refractivity contribution < 1.29 is 4.79 Å². The molecule has 3 nitrogen and oxygen atoms in total. The highest BCUT2D eigenvalue weighted by molar-refractivity contribution is 5.78. The molecule has 0 radical (unpaired) electrons. The molecule has 0 aromatic rings. The van der Waals surface area contributed by atoms with Gasteiger partial charge in [0.25, 0.3) is 0 Å². The number of rotatable bonds is 6. The second-order valence-electron chi connectivity index (χ2n) is 6.28. The third kappa shape index (κ3) is 4.97. The van der Waals surface area contributed by atoms with Crippen LogP contribution in [0, 0.1) is 17.8 Å². The molecule has 1 amide bonds. The van der Waals surface area contributed by atoms with Crippen LogP contribution in [0.4, 0.5) is 0 Å². The Morgan fingerprint density at radius 3 is 2.39 bits per heavy atom. The van der Waals surface area contributed by atoms with Gasteiger partial charge in [0.15, 0.2) is 0 Å². The van der Waals surface area contributed by atoms with Crippen LogP contribution < -0.4 is 5.73 Å². The van der Waals surface area contributed by atoms with Gasteiger partial charge in [-0.15, -0.1) is 0 Å². The van der Waals surface area contributed by atoms with Gasteiger partial charge in [0, 0.05) is 19.0 Å². The summed E-state index contributed by atoms with van der Waals surface area (Å²) in [6.45, 7) is 9.02. The number of nitrogens with two attached hydrogens (primary N) is 1. The lowest BCUT2D eigenvalue weighted by molar-refractivity contribution is -0.137. The van der Waals surface area contributed by atoms with Gasteiger partial charge in [-0.25, -0.2) is 0 Å². The predicted molar refractivity (Wildman–Crippen MR) is 76.2 cm³/mol. The van der Waals surface area contributed by atoms with Gasteiger partial charge in [0.2, 0.25) is 5.91 Å². The van der Waals surface area contributed by atoms with Crippen LogP contribution in [0.25, 0.3) is 0 Å². The topological polar surface area (TPSA) is 46.3 Å². The van der Waals surface area contributed by atoms with Crippen molar-refractivity contribution in [2.24, 2.45) is 23.5 Å². The summed E-state index contributed by atoms with van der Waals surface area (Å²) in [4.78, 5) is 14.6. The molecule has 1 fully saturated rings. The Balaban J connectivity index is 2.51. The Morgan fingerprint density at radius 2 is 1.89 bits per heavy atom. The smallest absolute Gasteiger partial charge is 0.225 e. The van der Waals surface area contributed by atoms with E-state index in [1.807, 2.05) is 0 Å². The van der Waals surface area contributed by atoms with Crippen LogP contribution in [0.1, 0.15) is 52.9 Å². The molecule has 1 aliphatic carbocycles. The minimum atomic E-state index is 0.276. The van der Waals surface area contributed by atoms with Crippen LogP contribution >= 0.6 is 0 Å². The predicted octanol–water partition coefficient (Wildman–Crippen LogP) is 2.65. The highest BCUT2D eigenvalue weighted by Crippen LogP contribution is 2.29. The fourth-order valence-electron chi connectivity index (χ4n) is 2.78. The summed E-state index contributed by atoms with van der Waals surface area (Å²) in [6.07, 6.45) is 5.50. The average Bonchev–Trinajstić information content (AvgIpc) is 2.34. The van der Waals surface area contributed by atoms with E-state index < -0.39 is 0 Å². The lowest BCUT2D eigenvalue weighted by atomic mass is 9.82. The summed E-state index contributed by atoms with van der Waals surface area (Å²) in [7, 11) is 0. The summed E-state index contributed by atoms with van der Waals surface area (Å²) in [5, 5.41) is 0. The first-order chi connectivity index (χ1) is 8.54. The first-order valence-corrected chi connectivity index (χ1v) is 7.53. The largest absolute Gasteiger partial charge is 0.342 e. The van der Waals surface area contributed by atoms with Gasteiger partial charge in [0.1, 0.15) is 0 Å². The maximum Gasteiger partial charge on any atom is 0.225 e. The lowest BCUT2D eigenvalue weighted by Crippen LogP contribution is -2.40. The molecule has 0 unspecified atom stereocenters. The molecular weight excluding hydrogens is 224 g/mol. The van der Waals surface area contributed by atoms with Crippen molar-refractivity contribution in [3.05, 3.63) is 0 Å². The van der Waals surface area contributed by atoms with Gasteiger partial charge in [-0.3, -0.25) is 4.79 Å². The summed E-state index contributed by atoms with van der Waals surface area (Å²) in [6, 6.07) is 0. The molecule has 1 saturated carbocycles. The van der Waals surface area contributed by atoms with Crippen LogP contribution in [0.15, 0.2) is 0 Å². The summed E-state index contributed by atoms with van der Waals surface area (Å²) in [5.74, 6) is 1.99. The lowest BCUT2D eigenvalue weighted by Gasteiger charge is -2.32. The molecule has 2 N–H and O–H groups in total. The Hall–Kier alpha value is -0.570. The standard InChI is InChI=1S/C15H30N2O/c1-12(2)11-17(10-4-9-16)15(18)14-7-5-13(3)6-8-14/h12-14H,4-11,16H2,1-3H3. The van der Waals surface area contributed by atoms with Gasteiger partial charge in [0.05, 0.1) is 0 Å². The van der Waals surface area contributed by atoms with Gasteiger partial charge < -0.3 is 10.6 Å². The van der Waals surface area contributed by atoms with Crippen molar-refractivity contribution in [3.8, 4) is 0 Å². The van der Waals surface area contributed by atoms with Crippen molar-refractivity contribution in [2.75, 3.05) is 19.6 Å². The molecule has 1 rings (SSSR count). The molecule has 0 heterocycles. The van der Waals surface area contributed by atoms with Crippen molar-refractivity contribution in [2.45, 2.75) is 52.9 Å². The van der Waals surface area contributed by atoms with Crippen LogP contribution in [0.5, 0.6) is 0 Å². The number of hydrogen-bond donors (Lipinski definition) is 1. The van der Waals surface area contributed by atoms with Crippen molar-refractivity contribution in [3.63, 3.8) is 0 Å². The Labute approximate surface area is 112 Å². The van der Waals surface area contributed by atoms with E-state index in [0.717, 1.165) is 38.3 Å². The van der Waals surface area contributed by atoms with Gasteiger partial charge >= 0.3 is 0 Å². The molecule has 106 valence electrons. The van der Waals surface area contributed by atoms with Crippen LogP contribution in [0.2, 0.25) is 0 Å². The Bertz CT molecular complexity index is 245. The summed E-state index contributed by atoms with van der Waals surface area (Å²) in [5.41, 5.74) is 5.57. The van der Waals surface area contributed by atoms with Crippen LogP contribution in [-0.4, -0.2) is 30.4 Å². The van der Waals surface area contributed by atoms with E-state index in [2.05, 4.69) is 25.7 Å². The number of nitrogens with zero attached hydrogens (tertiary/aromatic N) is 1. The van der Waals surface area contributed by atoms with Crippen molar-refractivity contribution in [1.82, 2.24) is 4.90 Å². The monoisotopic (exact) mass is 254 g/mol. The van der Waals surface area contributed by atoms with E-state index in [4.69, 9.17) is 5.73 Å². The molecular formula is C15H30N2O. The zero-order valence-corrected chi connectivity index (χ0v) is 12.3. The highest BCUT2D eigenvalue weighted by atomic mass is 16.2. The maximum absolute atomic E-state index is 12.5. The molecule has 0 spiro atoms. The fourth-order valence-corrected chi connectivity index (χ4v) is 2.78. The molecule has 18 heavy (non-hydrogen) atoms. The molecule has 3 heteroatoms. The van der Waals surface area contributed by atoms with E-state index >= 15 is 0 Å². The van der Waals surface area contributed by atoms with Crippen LogP contribution in [0.3, 0.4) is 0 Å². The van der Waals surface area contributed by atoms with E-state index in [1.54, 1.807) is 0 Å². The third-order valence-corrected chi connectivity index (χ3v) is 3.89. The van der Waals surface area contributed by atoms with E-state index in [-0.39, 0.29) is 5.92 Å². The minimum absolute atomic E-state index is 0.276. The molecule has 0 bridgehead atoms. The van der Waals surface area contributed by atoms with E-state index in [9.17, 15) is 4.79 Å². The van der Waals surface area contributed by atoms with Gasteiger partial charge in [-0.2, -0.15) is 0 Å². The molecule has 0 aromatic heterocycles. The quantitative estimate of drug-likeness (QED) is 0.792. The normalized spacial score (nSPS) is 24.3. The second-order valence-corrected chi connectivity index (χ2v) is 6.28. The minimum Gasteiger partial charge on any atom is -0.342 e. The van der Waals surface area contributed by atoms with E-state index in [1.165, 1.54) is 12.8 Å². The first kappa shape index (κ1) is 15.5. The third-order valence-electron chi connectivity index (χ3n) is 3.89. The number of carbonyl (C=O) groups excluding carboxylic acids is 1. The number of hydrogen-bond acceptors (Lipinski definition) is 2. The van der Waals surface area contributed by atoms with E-state index in [0.29, 0.717) is 18.4 Å². The fraction of sp³-hybridized carbons (Fsp3) is 0.933. The Morgan fingerprint density at radius 1 is 1.28 bits per heavy atom. The number of amides is 1. The Kier molecular flexibility index (Phi) is 6.69. The van der Waals surface area contributed by atoms with Gasteiger partial charge in [-0.05, 0) is 50.5 Å². The maximum atomic E-state index is 12.5. The zero-order chi connectivity index (χ0) is 13.5. The molecule has 0 atom stereocenters. The van der Waals surface area contributed by atoms with Gasteiger partial charge in [-0.1, -0.05) is 20.8 Å². The van der Waals surface area contributed by atoms with Crippen molar-refractivity contribution >= 4 is 5.91 Å². The highest BCUT2D eigenvalue weighted by Gasteiger charge is 2.28. The van der Waals surface area contributed by atoms with Crippen molar-refractivity contribution in [1.29, 1.82) is 0 Å². The second kappa shape index (κ2) is 7.78. The molecule has 0 saturated heterocycles. The summed E-state index contributed by atoms with van der Waals surface area (Å²) >= 11 is 0. The molecule has 0 aliphatic heterocycles. The number of carbonyl (C=O) groups is 1.